The number of carbonyl (C=O) groups is 1. The van der Waals surface area contributed by atoms with Crippen molar-refractivity contribution in [2.45, 2.75) is 13.8 Å². The number of esters is 1. The Balaban J connectivity index is 2.29. The van der Waals surface area contributed by atoms with Crippen molar-refractivity contribution >= 4 is 17.3 Å². The molecule has 1 aromatic heterocycles. The van der Waals surface area contributed by atoms with Crippen molar-refractivity contribution in [3.63, 3.8) is 0 Å². The molecule has 94 valence electrons. The van der Waals surface area contributed by atoms with E-state index in [1.807, 2.05) is 0 Å². The van der Waals surface area contributed by atoms with Gasteiger partial charge in [-0.15, -0.1) is 11.3 Å². The molecule has 2 aromatic rings. The summed E-state index contributed by atoms with van der Waals surface area (Å²) in [6.45, 7) is 3.75. The summed E-state index contributed by atoms with van der Waals surface area (Å²) in [7, 11) is 0. The fraction of sp³-hybridized carbons (Fsp3) is 0.231. The van der Waals surface area contributed by atoms with E-state index in [2.05, 4.69) is 4.98 Å². The van der Waals surface area contributed by atoms with Crippen LogP contribution < -0.4 is 0 Å². The zero-order valence-corrected chi connectivity index (χ0v) is 10.9. The number of aromatic nitrogens is 1. The molecule has 0 bridgehead atoms. The highest BCUT2D eigenvalue weighted by atomic mass is 32.1. The maximum atomic E-state index is 13.4. The maximum Gasteiger partial charge on any atom is 0.367 e. The first kappa shape index (κ1) is 12.7. The summed E-state index contributed by atoms with van der Waals surface area (Å²) >= 11 is 1.19. The lowest BCUT2D eigenvalue weighted by atomic mass is 10.1. The quantitative estimate of drug-likeness (QED) is 0.798. The van der Waals surface area contributed by atoms with Crippen LogP contribution in [0.15, 0.2) is 23.6 Å². The molecule has 0 saturated heterocycles. The third-order valence-electron chi connectivity index (χ3n) is 2.42. The first-order chi connectivity index (χ1) is 8.61. The van der Waals surface area contributed by atoms with Gasteiger partial charge in [-0.05, 0) is 25.5 Å². The van der Waals surface area contributed by atoms with Gasteiger partial charge < -0.3 is 4.74 Å². The number of ether oxygens (including phenoxy) is 1. The molecule has 18 heavy (non-hydrogen) atoms. The highest BCUT2D eigenvalue weighted by molar-refractivity contribution is 7.11. The summed E-state index contributed by atoms with van der Waals surface area (Å²) in [6, 6.07) is 4.88. The van der Waals surface area contributed by atoms with Crippen molar-refractivity contribution in [3.8, 4) is 11.3 Å². The minimum Gasteiger partial charge on any atom is -0.461 e. The highest BCUT2D eigenvalue weighted by Gasteiger charge is 2.13. The van der Waals surface area contributed by atoms with Crippen LogP contribution in [0.25, 0.3) is 11.3 Å². The summed E-state index contributed by atoms with van der Waals surface area (Å²) < 4.78 is 18.3. The average Bonchev–Trinajstić information content (AvgIpc) is 2.82. The minimum atomic E-state index is -0.443. The van der Waals surface area contributed by atoms with Gasteiger partial charge in [0, 0.05) is 10.9 Å². The molecule has 0 spiro atoms. The lowest BCUT2D eigenvalue weighted by molar-refractivity contribution is 0.0526. The molecule has 1 aromatic carbocycles. The maximum absolute atomic E-state index is 13.4. The van der Waals surface area contributed by atoms with E-state index in [9.17, 15) is 9.18 Å². The van der Waals surface area contributed by atoms with Crippen molar-refractivity contribution < 1.29 is 13.9 Å². The van der Waals surface area contributed by atoms with Crippen LogP contribution in [0.1, 0.15) is 22.3 Å². The van der Waals surface area contributed by atoms with Gasteiger partial charge in [-0.3, -0.25) is 0 Å². The molecule has 2 rings (SSSR count). The average molecular weight is 265 g/mol. The first-order valence-corrected chi connectivity index (χ1v) is 6.39. The van der Waals surface area contributed by atoms with Crippen molar-refractivity contribution in [2.75, 3.05) is 6.61 Å². The summed E-state index contributed by atoms with van der Waals surface area (Å²) in [4.78, 5) is 15.6. The number of benzene rings is 1. The first-order valence-electron chi connectivity index (χ1n) is 5.51. The van der Waals surface area contributed by atoms with E-state index in [4.69, 9.17) is 4.74 Å². The van der Waals surface area contributed by atoms with Gasteiger partial charge in [0.05, 0.1) is 12.3 Å². The second kappa shape index (κ2) is 5.27. The molecular formula is C13H12FNO2S. The van der Waals surface area contributed by atoms with E-state index < -0.39 is 5.97 Å². The van der Waals surface area contributed by atoms with Gasteiger partial charge in [-0.2, -0.15) is 0 Å². The lowest BCUT2D eigenvalue weighted by Gasteiger charge is -2.00. The van der Waals surface area contributed by atoms with Crippen LogP contribution in [0.5, 0.6) is 0 Å². The van der Waals surface area contributed by atoms with E-state index in [1.165, 1.54) is 17.4 Å². The predicted octanol–water partition coefficient (Wildman–Crippen LogP) is 3.43. The topological polar surface area (TPSA) is 39.2 Å². The Kier molecular flexibility index (Phi) is 3.72. The Morgan fingerprint density at radius 2 is 2.28 bits per heavy atom. The number of aryl methyl sites for hydroxylation is 1. The molecule has 0 fully saturated rings. The number of rotatable bonds is 3. The van der Waals surface area contributed by atoms with Gasteiger partial charge >= 0.3 is 5.97 Å². The number of thiazole rings is 1. The number of nitrogens with zero attached hydrogens (tertiary/aromatic N) is 1. The van der Waals surface area contributed by atoms with Crippen LogP contribution in [0, 0.1) is 12.7 Å². The van der Waals surface area contributed by atoms with Gasteiger partial charge in [0.1, 0.15) is 5.82 Å². The van der Waals surface area contributed by atoms with E-state index >= 15 is 0 Å². The van der Waals surface area contributed by atoms with E-state index in [0.29, 0.717) is 23.4 Å². The normalized spacial score (nSPS) is 10.4. The van der Waals surface area contributed by atoms with Crippen LogP contribution in [-0.4, -0.2) is 17.6 Å². The smallest absolute Gasteiger partial charge is 0.367 e. The molecular weight excluding hydrogens is 253 g/mol. The largest absolute Gasteiger partial charge is 0.461 e. The molecule has 1 heterocycles. The molecule has 0 aliphatic carbocycles. The Hall–Kier alpha value is -1.75. The molecule has 0 N–H and O–H groups in total. The van der Waals surface area contributed by atoms with Crippen LogP contribution >= 0.6 is 11.3 Å². The van der Waals surface area contributed by atoms with Crippen molar-refractivity contribution in [3.05, 3.63) is 40.0 Å². The summed E-state index contributed by atoms with van der Waals surface area (Å²) in [6.07, 6.45) is 0. The molecule has 3 nitrogen and oxygen atoms in total. The van der Waals surface area contributed by atoms with Crippen molar-refractivity contribution in [1.29, 1.82) is 0 Å². The molecule has 0 amide bonds. The van der Waals surface area contributed by atoms with Gasteiger partial charge in [-0.1, -0.05) is 12.1 Å². The standard InChI is InChI=1S/C13H12FNO2S/c1-3-17-13(16)12-15-11(7-18-12)9-5-4-8(2)10(14)6-9/h4-7H,3H2,1-2H3. The SMILES string of the molecule is CCOC(=O)c1nc(-c2ccc(C)c(F)c2)cs1. The Morgan fingerprint density at radius 3 is 2.94 bits per heavy atom. The highest BCUT2D eigenvalue weighted by Crippen LogP contribution is 2.24. The Morgan fingerprint density at radius 1 is 1.50 bits per heavy atom. The van der Waals surface area contributed by atoms with Gasteiger partial charge in [-0.25, -0.2) is 14.2 Å². The fourth-order valence-electron chi connectivity index (χ4n) is 1.45. The molecule has 0 aliphatic rings. The second-order valence-electron chi connectivity index (χ2n) is 3.72. The number of carbonyl (C=O) groups excluding carboxylic acids is 1. The van der Waals surface area contributed by atoms with E-state index in [-0.39, 0.29) is 10.8 Å². The molecule has 5 heteroatoms. The second-order valence-corrected chi connectivity index (χ2v) is 4.58. The van der Waals surface area contributed by atoms with Gasteiger partial charge in [0.2, 0.25) is 5.01 Å². The molecule has 0 radical (unpaired) electrons. The third kappa shape index (κ3) is 2.56. The molecule has 0 saturated carbocycles. The summed E-state index contributed by atoms with van der Waals surface area (Å²) in [5.74, 6) is -0.723. The van der Waals surface area contributed by atoms with Gasteiger partial charge in [0.15, 0.2) is 0 Å². The Labute approximate surface area is 108 Å². The van der Waals surface area contributed by atoms with E-state index in [0.717, 1.165) is 0 Å². The number of hydrogen-bond donors (Lipinski definition) is 0. The Bertz CT molecular complexity index is 580. The third-order valence-corrected chi connectivity index (χ3v) is 3.24. The molecule has 0 aliphatic heterocycles. The zero-order valence-electron chi connectivity index (χ0n) is 10.1. The minimum absolute atomic E-state index is 0.279. The number of halogens is 1. The van der Waals surface area contributed by atoms with E-state index in [1.54, 1.807) is 31.4 Å². The zero-order chi connectivity index (χ0) is 13.1. The van der Waals surface area contributed by atoms with Crippen LogP contribution in [0.2, 0.25) is 0 Å². The fourth-order valence-corrected chi connectivity index (χ4v) is 2.16. The summed E-state index contributed by atoms with van der Waals surface area (Å²) in [5, 5.41) is 2.00. The monoisotopic (exact) mass is 265 g/mol. The van der Waals surface area contributed by atoms with Crippen molar-refractivity contribution in [2.24, 2.45) is 0 Å². The molecule has 0 unspecified atom stereocenters. The number of hydrogen-bond acceptors (Lipinski definition) is 4. The van der Waals surface area contributed by atoms with Crippen LogP contribution in [0.4, 0.5) is 4.39 Å². The molecule has 0 atom stereocenters. The van der Waals surface area contributed by atoms with Crippen molar-refractivity contribution in [1.82, 2.24) is 4.98 Å². The predicted molar refractivity (Wildman–Crippen MR) is 68.2 cm³/mol. The van der Waals surface area contributed by atoms with Gasteiger partial charge in [0.25, 0.3) is 0 Å². The lowest BCUT2D eigenvalue weighted by Crippen LogP contribution is -2.03. The van der Waals surface area contributed by atoms with Crippen LogP contribution in [-0.2, 0) is 4.74 Å². The summed E-state index contributed by atoms with van der Waals surface area (Å²) in [5.41, 5.74) is 1.83. The van der Waals surface area contributed by atoms with Crippen LogP contribution in [0.3, 0.4) is 0 Å².